The molecule has 2 rings (SSSR count). The number of benzene rings is 1. The topological polar surface area (TPSA) is 35.2 Å². The van der Waals surface area contributed by atoms with Crippen molar-refractivity contribution in [2.75, 3.05) is 6.54 Å². The van der Waals surface area contributed by atoms with E-state index in [1.54, 1.807) is 0 Å². The van der Waals surface area contributed by atoms with E-state index >= 15 is 0 Å². The summed E-state index contributed by atoms with van der Waals surface area (Å²) in [6.45, 7) is 2.92. The molecule has 19 heavy (non-hydrogen) atoms. The third-order valence-electron chi connectivity index (χ3n) is 3.68. The van der Waals surface area contributed by atoms with E-state index in [0.29, 0.717) is 0 Å². The van der Waals surface area contributed by atoms with Crippen LogP contribution in [0.25, 0.3) is 0 Å². The van der Waals surface area contributed by atoms with Crippen molar-refractivity contribution in [3.05, 3.63) is 41.2 Å². The number of ether oxygens (including phenoxy) is 1. The highest BCUT2D eigenvalue weighted by atomic mass is 16.5. The molecule has 0 bridgehead atoms. The van der Waals surface area contributed by atoms with Crippen LogP contribution < -0.4 is 10.5 Å². The zero-order valence-corrected chi connectivity index (χ0v) is 12.0. The van der Waals surface area contributed by atoms with E-state index in [2.05, 4.69) is 31.2 Å². The molecule has 0 fully saturated rings. The van der Waals surface area contributed by atoms with Gasteiger partial charge in [-0.25, -0.2) is 0 Å². The van der Waals surface area contributed by atoms with Crippen LogP contribution in [0.15, 0.2) is 30.0 Å². The maximum atomic E-state index is 6.18. The Morgan fingerprint density at radius 1 is 1.21 bits per heavy atom. The molecule has 0 saturated carbocycles. The fraction of sp³-hybridized carbons (Fsp3) is 0.529. The number of fused-ring (bicyclic) bond motifs is 1. The SMILES string of the molecule is Cc1cccc2c1O/C(CCCCCN)=C/CCC2. The highest BCUT2D eigenvalue weighted by molar-refractivity contribution is 5.42. The minimum absolute atomic E-state index is 0.793. The minimum Gasteiger partial charge on any atom is -0.462 e. The van der Waals surface area contributed by atoms with Gasteiger partial charge in [-0.1, -0.05) is 24.6 Å². The van der Waals surface area contributed by atoms with Crippen LogP contribution in [0.2, 0.25) is 0 Å². The van der Waals surface area contributed by atoms with Gasteiger partial charge in [-0.05, 0) is 62.8 Å². The molecule has 0 saturated heterocycles. The Labute approximate surface area is 116 Å². The third-order valence-corrected chi connectivity index (χ3v) is 3.68. The average molecular weight is 259 g/mol. The maximum absolute atomic E-state index is 6.18. The molecule has 1 aromatic carbocycles. The second kappa shape index (κ2) is 7.34. The second-order valence-electron chi connectivity index (χ2n) is 5.33. The Morgan fingerprint density at radius 3 is 2.95 bits per heavy atom. The minimum atomic E-state index is 0.793. The standard InChI is InChI=1S/C17H25NO/c1-14-8-7-10-15-9-4-5-12-16(19-17(14)15)11-3-2-6-13-18/h7-8,10,12H,2-6,9,11,13,18H2,1H3/b16-12+. The zero-order chi connectivity index (χ0) is 13.5. The van der Waals surface area contributed by atoms with Gasteiger partial charge in [0.2, 0.25) is 0 Å². The summed E-state index contributed by atoms with van der Waals surface area (Å²) in [5.41, 5.74) is 8.13. The van der Waals surface area contributed by atoms with Gasteiger partial charge in [-0.2, -0.15) is 0 Å². The summed E-state index contributed by atoms with van der Waals surface area (Å²) in [5.74, 6) is 2.24. The molecular formula is C17H25NO. The summed E-state index contributed by atoms with van der Waals surface area (Å²) in [4.78, 5) is 0. The van der Waals surface area contributed by atoms with Crippen molar-refractivity contribution in [3.8, 4) is 5.75 Å². The van der Waals surface area contributed by atoms with E-state index in [9.17, 15) is 0 Å². The summed E-state index contributed by atoms with van der Waals surface area (Å²) in [6, 6.07) is 6.45. The van der Waals surface area contributed by atoms with Gasteiger partial charge in [0.15, 0.2) is 0 Å². The first-order valence-corrected chi connectivity index (χ1v) is 7.46. The zero-order valence-electron chi connectivity index (χ0n) is 12.0. The van der Waals surface area contributed by atoms with Crippen molar-refractivity contribution in [2.45, 2.75) is 51.9 Å². The lowest BCUT2D eigenvalue weighted by Gasteiger charge is -2.18. The van der Waals surface area contributed by atoms with Gasteiger partial charge >= 0.3 is 0 Å². The van der Waals surface area contributed by atoms with Gasteiger partial charge in [0.25, 0.3) is 0 Å². The molecule has 1 aliphatic heterocycles. The van der Waals surface area contributed by atoms with Crippen LogP contribution in [-0.2, 0) is 6.42 Å². The molecule has 2 N–H and O–H groups in total. The Kier molecular flexibility index (Phi) is 5.46. The molecule has 0 atom stereocenters. The van der Waals surface area contributed by atoms with Crippen molar-refractivity contribution in [1.29, 1.82) is 0 Å². The van der Waals surface area contributed by atoms with Crippen molar-refractivity contribution in [1.82, 2.24) is 0 Å². The molecule has 1 aliphatic rings. The van der Waals surface area contributed by atoms with E-state index in [0.717, 1.165) is 43.7 Å². The van der Waals surface area contributed by atoms with Gasteiger partial charge in [-0.3, -0.25) is 0 Å². The molecule has 2 heteroatoms. The lowest BCUT2D eigenvalue weighted by Crippen LogP contribution is -2.04. The van der Waals surface area contributed by atoms with Gasteiger partial charge in [0.1, 0.15) is 11.5 Å². The normalized spacial score (nSPS) is 17.7. The molecule has 104 valence electrons. The van der Waals surface area contributed by atoms with E-state index in [-0.39, 0.29) is 0 Å². The van der Waals surface area contributed by atoms with Gasteiger partial charge in [-0.15, -0.1) is 0 Å². The van der Waals surface area contributed by atoms with Crippen molar-refractivity contribution < 1.29 is 4.74 Å². The fourth-order valence-corrected chi connectivity index (χ4v) is 2.56. The Bertz CT molecular complexity index is 437. The van der Waals surface area contributed by atoms with Crippen LogP contribution >= 0.6 is 0 Å². The number of allylic oxidation sites excluding steroid dienone is 2. The molecule has 0 aliphatic carbocycles. The molecule has 0 aromatic heterocycles. The molecule has 0 radical (unpaired) electrons. The van der Waals surface area contributed by atoms with Crippen molar-refractivity contribution in [2.24, 2.45) is 5.73 Å². The summed E-state index contributed by atoms with van der Waals surface area (Å²) >= 11 is 0. The van der Waals surface area contributed by atoms with Crippen LogP contribution in [0.4, 0.5) is 0 Å². The first-order valence-electron chi connectivity index (χ1n) is 7.46. The number of para-hydroxylation sites is 1. The molecule has 1 heterocycles. The summed E-state index contributed by atoms with van der Waals surface area (Å²) in [5, 5.41) is 0. The largest absolute Gasteiger partial charge is 0.462 e. The number of rotatable bonds is 5. The number of unbranched alkanes of at least 4 members (excludes halogenated alkanes) is 2. The van der Waals surface area contributed by atoms with Gasteiger partial charge in [0, 0.05) is 6.42 Å². The summed E-state index contributed by atoms with van der Waals surface area (Å²) in [7, 11) is 0. The third kappa shape index (κ3) is 4.10. The first-order chi connectivity index (χ1) is 9.31. The molecule has 0 unspecified atom stereocenters. The number of hydrogen-bond donors (Lipinski definition) is 1. The van der Waals surface area contributed by atoms with E-state index in [1.165, 1.54) is 30.4 Å². The smallest absolute Gasteiger partial charge is 0.132 e. The predicted octanol–water partition coefficient (Wildman–Crippen LogP) is 4.11. The Hall–Kier alpha value is -1.28. The quantitative estimate of drug-likeness (QED) is 0.807. The molecule has 2 nitrogen and oxygen atoms in total. The van der Waals surface area contributed by atoms with Crippen molar-refractivity contribution in [3.63, 3.8) is 0 Å². The predicted molar refractivity (Wildman–Crippen MR) is 80.4 cm³/mol. The van der Waals surface area contributed by atoms with Crippen LogP contribution in [0, 0.1) is 6.92 Å². The Morgan fingerprint density at radius 2 is 2.11 bits per heavy atom. The van der Waals surface area contributed by atoms with Gasteiger partial charge < -0.3 is 10.5 Å². The number of nitrogens with two attached hydrogens (primary N) is 1. The van der Waals surface area contributed by atoms with Crippen LogP contribution in [0.1, 0.15) is 49.7 Å². The lowest BCUT2D eigenvalue weighted by atomic mass is 10.0. The fourth-order valence-electron chi connectivity index (χ4n) is 2.56. The average Bonchev–Trinajstić information content (AvgIpc) is 2.38. The first kappa shape index (κ1) is 14.1. The monoisotopic (exact) mass is 259 g/mol. The molecule has 0 amide bonds. The van der Waals surface area contributed by atoms with Crippen LogP contribution in [0.5, 0.6) is 5.75 Å². The van der Waals surface area contributed by atoms with Crippen LogP contribution in [0.3, 0.4) is 0 Å². The van der Waals surface area contributed by atoms with E-state index in [1.807, 2.05) is 0 Å². The summed E-state index contributed by atoms with van der Waals surface area (Å²) in [6.07, 6.45) is 10.2. The number of hydrogen-bond acceptors (Lipinski definition) is 2. The summed E-state index contributed by atoms with van der Waals surface area (Å²) < 4.78 is 6.18. The lowest BCUT2D eigenvalue weighted by molar-refractivity contribution is 0.382. The molecular weight excluding hydrogens is 234 g/mol. The van der Waals surface area contributed by atoms with Crippen LogP contribution in [-0.4, -0.2) is 6.54 Å². The second-order valence-corrected chi connectivity index (χ2v) is 5.33. The van der Waals surface area contributed by atoms with Crippen molar-refractivity contribution >= 4 is 0 Å². The number of aryl methyl sites for hydroxylation is 2. The van der Waals surface area contributed by atoms with E-state index < -0.39 is 0 Å². The highest BCUT2D eigenvalue weighted by Crippen LogP contribution is 2.30. The van der Waals surface area contributed by atoms with Gasteiger partial charge in [0.05, 0.1) is 0 Å². The van der Waals surface area contributed by atoms with E-state index in [4.69, 9.17) is 10.5 Å². The highest BCUT2D eigenvalue weighted by Gasteiger charge is 2.12. The molecule has 0 spiro atoms. The Balaban J connectivity index is 2.03. The maximum Gasteiger partial charge on any atom is 0.132 e. The molecule has 1 aromatic rings.